The number of hydrogen-bond donors (Lipinski definition) is 2. The number of nitrogens with zero attached hydrogens (tertiary/aromatic N) is 1. The molecule has 0 saturated carbocycles. The Labute approximate surface area is 114 Å². The molecule has 3 N–H and O–H groups in total. The third kappa shape index (κ3) is 2.74. The molecule has 1 heterocycles. The highest BCUT2D eigenvalue weighted by Gasteiger charge is 2.18. The predicted molar refractivity (Wildman–Crippen MR) is 73.5 cm³/mol. The minimum absolute atomic E-state index is 0.137. The molecule has 5 nitrogen and oxygen atoms in total. The summed E-state index contributed by atoms with van der Waals surface area (Å²) in [7, 11) is -3.67. The van der Waals surface area contributed by atoms with Crippen molar-refractivity contribution in [3.05, 3.63) is 34.4 Å². The number of anilines is 2. The second kappa shape index (κ2) is 4.75. The Kier molecular flexibility index (Phi) is 3.47. The van der Waals surface area contributed by atoms with Gasteiger partial charge < -0.3 is 5.73 Å². The average molecular weight is 304 g/mol. The zero-order chi connectivity index (χ0) is 13.3. The summed E-state index contributed by atoms with van der Waals surface area (Å²) in [6.45, 7) is 1.73. The number of sulfonamides is 1. The molecule has 1 aromatic heterocycles. The van der Waals surface area contributed by atoms with E-state index in [9.17, 15) is 8.42 Å². The van der Waals surface area contributed by atoms with Crippen LogP contribution < -0.4 is 10.5 Å². The van der Waals surface area contributed by atoms with E-state index in [4.69, 9.17) is 17.3 Å². The van der Waals surface area contributed by atoms with E-state index < -0.39 is 10.0 Å². The van der Waals surface area contributed by atoms with Crippen LogP contribution in [0.25, 0.3) is 0 Å². The van der Waals surface area contributed by atoms with Crippen LogP contribution in [0.3, 0.4) is 0 Å². The van der Waals surface area contributed by atoms with Crippen LogP contribution in [0, 0.1) is 6.92 Å². The monoisotopic (exact) mass is 303 g/mol. The third-order valence-corrected chi connectivity index (χ3v) is 5.17. The summed E-state index contributed by atoms with van der Waals surface area (Å²) in [6.07, 6.45) is 1.31. The zero-order valence-corrected chi connectivity index (χ0v) is 11.7. The van der Waals surface area contributed by atoms with Crippen molar-refractivity contribution in [3.8, 4) is 0 Å². The summed E-state index contributed by atoms with van der Waals surface area (Å²) in [5.41, 5.74) is 6.27. The summed E-state index contributed by atoms with van der Waals surface area (Å²) in [4.78, 5) is 3.91. The van der Waals surface area contributed by atoms with Crippen molar-refractivity contribution in [2.45, 2.75) is 11.1 Å². The first-order valence-electron chi connectivity index (χ1n) is 4.89. The summed E-state index contributed by atoms with van der Waals surface area (Å²) < 4.78 is 26.6. The lowest BCUT2D eigenvalue weighted by Crippen LogP contribution is -2.12. The van der Waals surface area contributed by atoms with Crippen LogP contribution in [-0.2, 0) is 10.0 Å². The molecule has 0 saturated heterocycles. The molecule has 0 spiro atoms. The standard InChI is InChI=1S/C10H10ClN3O2S2/c1-6-13-5-10(17-6)18(15,16)14-9-4-7(12)2-3-8(9)11/h2-5,14H,12H2,1H3. The van der Waals surface area contributed by atoms with Gasteiger partial charge >= 0.3 is 0 Å². The van der Waals surface area contributed by atoms with Gasteiger partial charge in [-0.2, -0.15) is 0 Å². The zero-order valence-electron chi connectivity index (χ0n) is 9.34. The number of nitrogens with one attached hydrogen (secondary N) is 1. The highest BCUT2D eigenvalue weighted by atomic mass is 35.5. The SMILES string of the molecule is Cc1ncc(S(=O)(=O)Nc2cc(N)ccc2Cl)s1. The molecule has 0 unspecified atom stereocenters. The van der Waals surface area contributed by atoms with Gasteiger partial charge in [0.1, 0.15) is 0 Å². The molecular formula is C10H10ClN3O2S2. The Morgan fingerprint density at radius 3 is 2.78 bits per heavy atom. The Bertz CT molecular complexity index is 682. The lowest BCUT2D eigenvalue weighted by atomic mass is 10.3. The summed E-state index contributed by atoms with van der Waals surface area (Å²) >= 11 is 6.99. The lowest BCUT2D eigenvalue weighted by molar-refractivity contribution is 0.603. The minimum atomic E-state index is -3.67. The first-order chi connectivity index (χ1) is 8.38. The summed E-state index contributed by atoms with van der Waals surface area (Å²) in [5, 5.41) is 0.961. The summed E-state index contributed by atoms with van der Waals surface area (Å²) in [5.74, 6) is 0. The van der Waals surface area contributed by atoms with E-state index in [0.29, 0.717) is 10.7 Å². The molecule has 0 aliphatic carbocycles. The van der Waals surface area contributed by atoms with Crippen LogP contribution in [0.1, 0.15) is 5.01 Å². The predicted octanol–water partition coefficient (Wildman–Crippen LogP) is 2.49. The van der Waals surface area contributed by atoms with Crippen molar-refractivity contribution in [2.75, 3.05) is 10.5 Å². The van der Waals surface area contributed by atoms with E-state index in [1.54, 1.807) is 13.0 Å². The number of nitrogens with two attached hydrogens (primary N) is 1. The van der Waals surface area contributed by atoms with Gasteiger partial charge in [0, 0.05) is 5.69 Å². The molecule has 0 aliphatic rings. The van der Waals surface area contributed by atoms with Gasteiger partial charge in [-0.1, -0.05) is 11.6 Å². The lowest BCUT2D eigenvalue weighted by Gasteiger charge is -2.08. The Hall–Kier alpha value is -1.31. The molecular weight excluding hydrogens is 294 g/mol. The van der Waals surface area contributed by atoms with E-state index in [-0.39, 0.29) is 14.9 Å². The molecule has 0 fully saturated rings. The third-order valence-electron chi connectivity index (χ3n) is 2.10. The van der Waals surface area contributed by atoms with Gasteiger partial charge in [-0.15, -0.1) is 11.3 Å². The first-order valence-corrected chi connectivity index (χ1v) is 7.56. The quantitative estimate of drug-likeness (QED) is 0.853. The maximum Gasteiger partial charge on any atom is 0.273 e. The molecule has 0 amide bonds. The maximum absolute atomic E-state index is 12.0. The number of rotatable bonds is 3. The number of aromatic nitrogens is 1. The highest BCUT2D eigenvalue weighted by Crippen LogP contribution is 2.28. The fraction of sp³-hybridized carbons (Fsp3) is 0.100. The summed E-state index contributed by atoms with van der Waals surface area (Å²) in [6, 6.07) is 4.59. The second-order valence-electron chi connectivity index (χ2n) is 3.54. The van der Waals surface area contributed by atoms with Gasteiger partial charge in [0.2, 0.25) is 0 Å². The van der Waals surface area contributed by atoms with Crippen LogP contribution in [0.4, 0.5) is 11.4 Å². The Balaban J connectivity index is 2.36. The maximum atomic E-state index is 12.0. The number of nitrogen functional groups attached to an aromatic ring is 1. The Morgan fingerprint density at radius 1 is 1.44 bits per heavy atom. The Morgan fingerprint density at radius 2 is 2.17 bits per heavy atom. The fourth-order valence-electron chi connectivity index (χ4n) is 1.28. The van der Waals surface area contributed by atoms with Crippen LogP contribution in [-0.4, -0.2) is 13.4 Å². The normalized spacial score (nSPS) is 11.4. The molecule has 8 heteroatoms. The topological polar surface area (TPSA) is 85.1 Å². The molecule has 2 rings (SSSR count). The van der Waals surface area contributed by atoms with E-state index in [1.807, 2.05) is 0 Å². The van der Waals surface area contributed by atoms with Crippen LogP contribution in [0.2, 0.25) is 5.02 Å². The van der Waals surface area contributed by atoms with Gasteiger partial charge in [-0.05, 0) is 25.1 Å². The van der Waals surface area contributed by atoms with Gasteiger partial charge in [0.05, 0.1) is 21.9 Å². The van der Waals surface area contributed by atoms with Crippen LogP contribution in [0.15, 0.2) is 28.6 Å². The highest BCUT2D eigenvalue weighted by molar-refractivity contribution is 7.94. The van der Waals surface area contributed by atoms with E-state index >= 15 is 0 Å². The largest absolute Gasteiger partial charge is 0.399 e. The smallest absolute Gasteiger partial charge is 0.273 e. The number of benzene rings is 1. The van der Waals surface area contributed by atoms with E-state index in [1.165, 1.54) is 18.3 Å². The van der Waals surface area contributed by atoms with Gasteiger partial charge in [-0.3, -0.25) is 4.72 Å². The van der Waals surface area contributed by atoms with Crippen molar-refractivity contribution in [1.82, 2.24) is 4.98 Å². The van der Waals surface area contributed by atoms with E-state index in [2.05, 4.69) is 9.71 Å². The fourth-order valence-corrected chi connectivity index (χ4v) is 3.68. The molecule has 0 radical (unpaired) electrons. The molecule has 0 bridgehead atoms. The van der Waals surface area contributed by atoms with Crippen molar-refractivity contribution < 1.29 is 8.42 Å². The van der Waals surface area contributed by atoms with Crippen molar-refractivity contribution in [3.63, 3.8) is 0 Å². The minimum Gasteiger partial charge on any atom is -0.399 e. The first kappa shape index (κ1) is 13.1. The van der Waals surface area contributed by atoms with Gasteiger partial charge in [0.25, 0.3) is 10.0 Å². The van der Waals surface area contributed by atoms with Crippen molar-refractivity contribution in [1.29, 1.82) is 0 Å². The van der Waals surface area contributed by atoms with Crippen LogP contribution in [0.5, 0.6) is 0 Å². The molecule has 2 aromatic rings. The number of aryl methyl sites for hydroxylation is 1. The van der Waals surface area contributed by atoms with Crippen molar-refractivity contribution >= 4 is 44.3 Å². The number of halogens is 1. The molecule has 18 heavy (non-hydrogen) atoms. The molecule has 0 aliphatic heterocycles. The van der Waals surface area contributed by atoms with Crippen molar-refractivity contribution in [2.24, 2.45) is 0 Å². The molecule has 0 atom stereocenters. The van der Waals surface area contributed by atoms with Gasteiger partial charge in [-0.25, -0.2) is 13.4 Å². The second-order valence-corrected chi connectivity index (χ2v) is 7.09. The average Bonchev–Trinajstić information content (AvgIpc) is 2.71. The van der Waals surface area contributed by atoms with E-state index in [0.717, 1.165) is 11.3 Å². The molecule has 96 valence electrons. The van der Waals surface area contributed by atoms with Crippen LogP contribution >= 0.6 is 22.9 Å². The van der Waals surface area contributed by atoms with Gasteiger partial charge in [0.15, 0.2) is 4.21 Å². The number of hydrogen-bond acceptors (Lipinski definition) is 5. The molecule has 1 aromatic carbocycles. The number of thiazole rings is 1.